The monoisotopic (exact) mass is 270 g/mol. The van der Waals surface area contributed by atoms with Gasteiger partial charge >= 0.3 is 0 Å². The van der Waals surface area contributed by atoms with Crippen LogP contribution in [-0.2, 0) is 0 Å². The molecule has 0 saturated carbocycles. The van der Waals surface area contributed by atoms with Gasteiger partial charge in [0.1, 0.15) is 5.82 Å². The van der Waals surface area contributed by atoms with E-state index in [0.29, 0.717) is 12.5 Å². The molecule has 1 aromatic rings. The third-order valence-electron chi connectivity index (χ3n) is 2.83. The van der Waals surface area contributed by atoms with Crippen LogP contribution in [0.15, 0.2) is 16.7 Å². The first-order valence-electron chi connectivity index (χ1n) is 5.13. The summed E-state index contributed by atoms with van der Waals surface area (Å²) in [6.45, 7) is 5.63. The van der Waals surface area contributed by atoms with Crippen LogP contribution in [-0.4, -0.2) is 29.3 Å². The van der Waals surface area contributed by atoms with Crippen molar-refractivity contribution in [1.82, 2.24) is 4.98 Å². The Labute approximate surface area is 98.3 Å². The van der Waals surface area contributed by atoms with Crippen molar-refractivity contribution in [2.75, 3.05) is 18.0 Å². The number of aliphatic hydroxyl groups excluding tert-OH is 1. The summed E-state index contributed by atoms with van der Waals surface area (Å²) in [5.41, 5.74) is 1.14. The van der Waals surface area contributed by atoms with Gasteiger partial charge in [0.05, 0.1) is 10.6 Å². The van der Waals surface area contributed by atoms with Crippen molar-refractivity contribution < 1.29 is 5.11 Å². The van der Waals surface area contributed by atoms with Gasteiger partial charge in [-0.2, -0.15) is 0 Å². The van der Waals surface area contributed by atoms with Crippen LogP contribution in [0.1, 0.15) is 12.5 Å². The number of pyridine rings is 1. The van der Waals surface area contributed by atoms with Gasteiger partial charge in [-0.05, 0) is 34.5 Å². The molecule has 82 valence electrons. The number of aryl methyl sites for hydroxylation is 1. The van der Waals surface area contributed by atoms with Crippen LogP contribution in [0.25, 0.3) is 0 Å². The molecule has 2 unspecified atom stereocenters. The van der Waals surface area contributed by atoms with Crippen LogP contribution in [0.5, 0.6) is 0 Å². The van der Waals surface area contributed by atoms with E-state index < -0.39 is 0 Å². The quantitative estimate of drug-likeness (QED) is 0.848. The molecule has 1 saturated heterocycles. The lowest BCUT2D eigenvalue weighted by atomic mass is 10.1. The number of β-amino-alcohol motifs (C(OH)–C–C–N with tert-alkyl or cyclic N) is 1. The molecule has 2 atom stereocenters. The SMILES string of the molecule is Cc1cnc(N2CC(C)C(O)C2)c(Br)c1. The minimum absolute atomic E-state index is 0.236. The number of nitrogens with zero attached hydrogens (tertiary/aromatic N) is 2. The smallest absolute Gasteiger partial charge is 0.142 e. The van der Waals surface area contributed by atoms with Crippen molar-refractivity contribution in [3.63, 3.8) is 0 Å². The van der Waals surface area contributed by atoms with E-state index in [1.165, 1.54) is 0 Å². The van der Waals surface area contributed by atoms with Crippen LogP contribution in [0.3, 0.4) is 0 Å². The topological polar surface area (TPSA) is 36.4 Å². The normalized spacial score (nSPS) is 26.0. The Morgan fingerprint density at radius 3 is 2.80 bits per heavy atom. The van der Waals surface area contributed by atoms with Gasteiger partial charge in [0, 0.05) is 25.2 Å². The average Bonchev–Trinajstić information content (AvgIpc) is 2.46. The average molecular weight is 271 g/mol. The van der Waals surface area contributed by atoms with Crippen LogP contribution in [0.4, 0.5) is 5.82 Å². The summed E-state index contributed by atoms with van der Waals surface area (Å²) in [4.78, 5) is 6.52. The molecule has 15 heavy (non-hydrogen) atoms. The molecule has 1 aliphatic heterocycles. The molecular formula is C11H15BrN2O. The Kier molecular flexibility index (Phi) is 2.98. The fourth-order valence-electron chi connectivity index (χ4n) is 1.88. The molecule has 4 heteroatoms. The number of rotatable bonds is 1. The Balaban J connectivity index is 2.24. The predicted octanol–water partition coefficient (Wildman–Crippen LogP) is 1.97. The first-order chi connectivity index (χ1) is 7.08. The molecule has 1 aromatic heterocycles. The number of hydrogen-bond donors (Lipinski definition) is 1. The number of anilines is 1. The van der Waals surface area contributed by atoms with Gasteiger partial charge < -0.3 is 10.0 Å². The fraction of sp³-hybridized carbons (Fsp3) is 0.545. The summed E-state index contributed by atoms with van der Waals surface area (Å²) in [6.07, 6.45) is 1.62. The van der Waals surface area contributed by atoms with E-state index in [9.17, 15) is 5.11 Å². The van der Waals surface area contributed by atoms with E-state index in [1.54, 1.807) is 0 Å². The summed E-state index contributed by atoms with van der Waals surface area (Å²) < 4.78 is 1.00. The highest BCUT2D eigenvalue weighted by molar-refractivity contribution is 9.10. The molecule has 0 aromatic carbocycles. The summed E-state index contributed by atoms with van der Waals surface area (Å²) in [7, 11) is 0. The molecule has 3 nitrogen and oxygen atoms in total. The lowest BCUT2D eigenvalue weighted by Crippen LogP contribution is -2.22. The van der Waals surface area contributed by atoms with Crippen LogP contribution >= 0.6 is 15.9 Å². The summed E-state index contributed by atoms with van der Waals surface area (Å²) in [6, 6.07) is 2.05. The van der Waals surface area contributed by atoms with Crippen LogP contribution in [0, 0.1) is 12.8 Å². The predicted molar refractivity (Wildman–Crippen MR) is 64.1 cm³/mol. The highest BCUT2D eigenvalue weighted by Crippen LogP contribution is 2.29. The van der Waals surface area contributed by atoms with E-state index >= 15 is 0 Å². The zero-order valence-electron chi connectivity index (χ0n) is 8.94. The summed E-state index contributed by atoms with van der Waals surface area (Å²) >= 11 is 3.51. The maximum Gasteiger partial charge on any atom is 0.142 e. The highest BCUT2D eigenvalue weighted by Gasteiger charge is 2.29. The standard InChI is InChI=1S/C11H15BrN2O/c1-7-3-9(12)11(13-4-7)14-5-8(2)10(15)6-14/h3-4,8,10,15H,5-6H2,1-2H3. The van der Waals surface area contributed by atoms with Gasteiger partial charge in [0.15, 0.2) is 0 Å². The molecule has 0 radical (unpaired) electrons. The van der Waals surface area contributed by atoms with Gasteiger partial charge in [-0.1, -0.05) is 6.92 Å². The molecule has 0 amide bonds. The van der Waals surface area contributed by atoms with E-state index in [-0.39, 0.29) is 6.10 Å². The largest absolute Gasteiger partial charge is 0.391 e. The van der Waals surface area contributed by atoms with Gasteiger partial charge in [-0.3, -0.25) is 0 Å². The highest BCUT2D eigenvalue weighted by atomic mass is 79.9. The van der Waals surface area contributed by atoms with Gasteiger partial charge in [-0.25, -0.2) is 4.98 Å². The Morgan fingerprint density at radius 1 is 1.53 bits per heavy atom. The molecular weight excluding hydrogens is 256 g/mol. The zero-order valence-corrected chi connectivity index (χ0v) is 10.5. The van der Waals surface area contributed by atoms with Crippen molar-refractivity contribution in [1.29, 1.82) is 0 Å². The lowest BCUT2D eigenvalue weighted by molar-refractivity contribution is 0.157. The van der Waals surface area contributed by atoms with E-state index in [4.69, 9.17) is 0 Å². The third kappa shape index (κ3) is 2.16. The van der Waals surface area contributed by atoms with Crippen molar-refractivity contribution in [2.24, 2.45) is 5.92 Å². The second kappa shape index (κ2) is 4.10. The fourth-order valence-corrected chi connectivity index (χ4v) is 2.60. The summed E-state index contributed by atoms with van der Waals surface area (Å²) in [5, 5.41) is 9.69. The van der Waals surface area contributed by atoms with Crippen molar-refractivity contribution in [3.05, 3.63) is 22.3 Å². The second-order valence-electron chi connectivity index (χ2n) is 4.27. The first-order valence-corrected chi connectivity index (χ1v) is 5.92. The Morgan fingerprint density at radius 2 is 2.27 bits per heavy atom. The zero-order chi connectivity index (χ0) is 11.0. The van der Waals surface area contributed by atoms with E-state index in [0.717, 1.165) is 22.4 Å². The molecule has 0 spiro atoms. The van der Waals surface area contributed by atoms with Crippen molar-refractivity contribution >= 4 is 21.7 Å². The molecule has 2 heterocycles. The molecule has 0 aliphatic carbocycles. The third-order valence-corrected chi connectivity index (χ3v) is 3.41. The second-order valence-corrected chi connectivity index (χ2v) is 5.12. The van der Waals surface area contributed by atoms with E-state index in [1.807, 2.05) is 13.1 Å². The Hall–Kier alpha value is -0.610. The van der Waals surface area contributed by atoms with E-state index in [2.05, 4.69) is 38.8 Å². The van der Waals surface area contributed by atoms with Crippen molar-refractivity contribution in [2.45, 2.75) is 20.0 Å². The first kappa shape index (κ1) is 10.9. The number of aliphatic hydroxyl groups is 1. The van der Waals surface area contributed by atoms with Crippen molar-refractivity contribution in [3.8, 4) is 0 Å². The molecule has 1 fully saturated rings. The van der Waals surface area contributed by atoms with Gasteiger partial charge in [-0.15, -0.1) is 0 Å². The van der Waals surface area contributed by atoms with Gasteiger partial charge in [0.25, 0.3) is 0 Å². The van der Waals surface area contributed by atoms with Crippen LogP contribution < -0.4 is 4.90 Å². The number of hydrogen-bond acceptors (Lipinski definition) is 3. The Bertz CT molecular complexity index is 360. The molecule has 1 N–H and O–H groups in total. The molecule has 0 bridgehead atoms. The maximum atomic E-state index is 9.69. The molecule has 2 rings (SSSR count). The lowest BCUT2D eigenvalue weighted by Gasteiger charge is -2.18. The van der Waals surface area contributed by atoms with Crippen LogP contribution in [0.2, 0.25) is 0 Å². The summed E-state index contributed by atoms with van der Waals surface area (Å²) in [5.74, 6) is 1.25. The van der Waals surface area contributed by atoms with Gasteiger partial charge in [0.2, 0.25) is 0 Å². The number of halogens is 1. The minimum Gasteiger partial charge on any atom is -0.391 e. The number of aromatic nitrogens is 1. The minimum atomic E-state index is -0.236. The maximum absolute atomic E-state index is 9.69. The molecule has 1 aliphatic rings.